The van der Waals surface area contributed by atoms with Crippen LogP contribution in [0.5, 0.6) is 0 Å². The van der Waals surface area contributed by atoms with Crippen molar-refractivity contribution in [3.63, 3.8) is 0 Å². The Balaban J connectivity index is 1.71. The summed E-state index contributed by atoms with van der Waals surface area (Å²) >= 11 is 0. The SMILES string of the molecule is CC(=O)[C@H]1CC[C@H]2[C@@H]3CC=C4C[C@@H](O)CC[C@]4(C)[C@H]3C[C@H](O)[C@]12C. The van der Waals surface area contributed by atoms with E-state index in [2.05, 4.69) is 19.9 Å². The second-order valence-corrected chi connectivity index (χ2v) is 9.51. The maximum Gasteiger partial charge on any atom is 0.133 e. The van der Waals surface area contributed by atoms with Gasteiger partial charge in [0.2, 0.25) is 0 Å². The number of rotatable bonds is 1. The van der Waals surface area contributed by atoms with Crippen molar-refractivity contribution < 1.29 is 15.0 Å². The molecule has 0 heterocycles. The molecule has 134 valence electrons. The first-order valence-corrected chi connectivity index (χ1v) is 9.84. The van der Waals surface area contributed by atoms with Crippen LogP contribution in [0.4, 0.5) is 0 Å². The quantitative estimate of drug-likeness (QED) is 0.723. The Morgan fingerprint density at radius 2 is 1.92 bits per heavy atom. The lowest BCUT2D eigenvalue weighted by Gasteiger charge is -2.59. The van der Waals surface area contributed by atoms with Gasteiger partial charge in [0, 0.05) is 11.3 Å². The molecule has 0 spiro atoms. The van der Waals surface area contributed by atoms with Gasteiger partial charge in [-0.15, -0.1) is 0 Å². The van der Waals surface area contributed by atoms with Crippen LogP contribution < -0.4 is 0 Å². The lowest BCUT2D eigenvalue weighted by atomic mass is 9.46. The predicted molar refractivity (Wildman–Crippen MR) is 93.3 cm³/mol. The van der Waals surface area contributed by atoms with Crippen molar-refractivity contribution in [3.8, 4) is 0 Å². The van der Waals surface area contributed by atoms with Crippen LogP contribution in [0.25, 0.3) is 0 Å². The first-order chi connectivity index (χ1) is 11.3. The third-order valence-corrected chi connectivity index (χ3v) is 8.68. The first-order valence-electron chi connectivity index (χ1n) is 9.84. The van der Waals surface area contributed by atoms with Gasteiger partial charge in [0.1, 0.15) is 5.78 Å². The van der Waals surface area contributed by atoms with E-state index in [9.17, 15) is 15.0 Å². The van der Waals surface area contributed by atoms with E-state index >= 15 is 0 Å². The second kappa shape index (κ2) is 5.41. The van der Waals surface area contributed by atoms with Crippen molar-refractivity contribution in [2.24, 2.45) is 34.5 Å². The highest BCUT2D eigenvalue weighted by Gasteiger charge is 2.62. The second-order valence-electron chi connectivity index (χ2n) is 9.51. The van der Waals surface area contributed by atoms with Gasteiger partial charge in [0.25, 0.3) is 0 Å². The largest absolute Gasteiger partial charge is 0.393 e. The molecule has 0 bridgehead atoms. The fourth-order valence-electron chi connectivity index (χ4n) is 7.27. The Labute approximate surface area is 145 Å². The number of hydrogen-bond donors (Lipinski definition) is 2. The normalized spacial score (nSPS) is 53.6. The summed E-state index contributed by atoms with van der Waals surface area (Å²) in [7, 11) is 0. The topological polar surface area (TPSA) is 57.5 Å². The number of Topliss-reactive ketones (excluding diaryl/α,β-unsaturated/α-hetero) is 1. The summed E-state index contributed by atoms with van der Waals surface area (Å²) in [6, 6.07) is 0. The van der Waals surface area contributed by atoms with Gasteiger partial charge in [-0.2, -0.15) is 0 Å². The summed E-state index contributed by atoms with van der Waals surface area (Å²) in [5, 5.41) is 21.2. The Bertz CT molecular complexity index is 582. The van der Waals surface area contributed by atoms with Crippen LogP contribution in [0.15, 0.2) is 11.6 Å². The maximum absolute atomic E-state index is 12.2. The van der Waals surface area contributed by atoms with Gasteiger partial charge in [-0.25, -0.2) is 0 Å². The summed E-state index contributed by atoms with van der Waals surface area (Å²) in [6.45, 7) is 6.26. The fraction of sp³-hybridized carbons (Fsp3) is 0.857. The highest BCUT2D eigenvalue weighted by atomic mass is 16.3. The molecule has 4 rings (SSSR count). The summed E-state index contributed by atoms with van der Waals surface area (Å²) < 4.78 is 0. The molecule has 0 unspecified atom stereocenters. The zero-order valence-corrected chi connectivity index (χ0v) is 15.3. The highest BCUT2D eigenvalue weighted by molar-refractivity contribution is 5.79. The summed E-state index contributed by atoms with van der Waals surface area (Å²) in [4.78, 5) is 12.2. The van der Waals surface area contributed by atoms with Crippen LogP contribution in [-0.4, -0.2) is 28.2 Å². The molecular formula is C21H32O3. The van der Waals surface area contributed by atoms with E-state index in [4.69, 9.17) is 0 Å². The minimum atomic E-state index is -0.372. The van der Waals surface area contributed by atoms with E-state index in [0.717, 1.165) is 44.9 Å². The molecule has 0 amide bonds. The molecule has 0 aromatic carbocycles. The van der Waals surface area contributed by atoms with Crippen LogP contribution in [-0.2, 0) is 4.79 Å². The number of fused-ring (bicyclic) bond motifs is 5. The molecule has 0 aliphatic heterocycles. The van der Waals surface area contributed by atoms with Gasteiger partial charge in [-0.1, -0.05) is 25.5 Å². The van der Waals surface area contributed by atoms with Crippen molar-refractivity contribution in [1.29, 1.82) is 0 Å². The molecule has 0 aromatic rings. The van der Waals surface area contributed by atoms with Gasteiger partial charge >= 0.3 is 0 Å². The summed E-state index contributed by atoms with van der Waals surface area (Å²) in [5.74, 6) is 1.85. The molecule has 0 radical (unpaired) electrons. The van der Waals surface area contributed by atoms with Crippen molar-refractivity contribution >= 4 is 5.78 Å². The Hall–Kier alpha value is -0.670. The third kappa shape index (κ3) is 2.07. The van der Waals surface area contributed by atoms with E-state index in [1.807, 2.05) is 0 Å². The monoisotopic (exact) mass is 332 g/mol. The van der Waals surface area contributed by atoms with Crippen LogP contribution >= 0.6 is 0 Å². The van der Waals surface area contributed by atoms with Gasteiger partial charge < -0.3 is 10.2 Å². The molecule has 0 aromatic heterocycles. The molecule has 4 aliphatic carbocycles. The number of hydrogen-bond acceptors (Lipinski definition) is 3. The molecule has 3 fully saturated rings. The van der Waals surface area contributed by atoms with E-state index in [0.29, 0.717) is 17.8 Å². The minimum absolute atomic E-state index is 0.0322. The first kappa shape index (κ1) is 16.8. The minimum Gasteiger partial charge on any atom is -0.393 e. The molecule has 0 saturated heterocycles. The number of ketones is 1. The number of aliphatic hydroxyl groups is 2. The van der Waals surface area contributed by atoms with Crippen LogP contribution in [0.2, 0.25) is 0 Å². The predicted octanol–water partition coefficient (Wildman–Crippen LogP) is 3.49. The highest BCUT2D eigenvalue weighted by Crippen LogP contribution is 2.66. The van der Waals surface area contributed by atoms with Crippen molar-refractivity contribution in [1.82, 2.24) is 0 Å². The van der Waals surface area contributed by atoms with Gasteiger partial charge in [0.15, 0.2) is 0 Å². The number of allylic oxidation sites excluding steroid dienone is 1. The zero-order chi connectivity index (χ0) is 17.3. The molecule has 24 heavy (non-hydrogen) atoms. The fourth-order valence-corrected chi connectivity index (χ4v) is 7.27. The smallest absolute Gasteiger partial charge is 0.133 e. The molecule has 8 atom stereocenters. The Morgan fingerprint density at radius 3 is 2.62 bits per heavy atom. The standard InChI is InChI=1S/C21H32O3/c1-12(22)16-6-7-17-15-5-4-13-10-14(23)8-9-20(13,2)18(15)11-19(24)21(16,17)3/h4,14-19,23-24H,5-11H2,1-3H3/t14-,15-,16+,17-,18-,19-,20-,21+/m0/s1. The molecule has 3 nitrogen and oxygen atoms in total. The molecule has 4 aliphatic rings. The Morgan fingerprint density at radius 1 is 1.17 bits per heavy atom. The summed E-state index contributed by atoms with van der Waals surface area (Å²) in [5.41, 5.74) is 1.33. The van der Waals surface area contributed by atoms with E-state index in [-0.39, 0.29) is 34.7 Å². The van der Waals surface area contributed by atoms with Crippen molar-refractivity contribution in [3.05, 3.63) is 11.6 Å². The number of carbonyl (C=O) groups is 1. The average molecular weight is 332 g/mol. The number of aliphatic hydroxyl groups excluding tert-OH is 2. The van der Waals surface area contributed by atoms with E-state index in [1.54, 1.807) is 6.92 Å². The molecular weight excluding hydrogens is 300 g/mol. The Kier molecular flexibility index (Phi) is 3.78. The van der Waals surface area contributed by atoms with Crippen LogP contribution in [0.1, 0.15) is 65.7 Å². The molecule has 3 saturated carbocycles. The van der Waals surface area contributed by atoms with Crippen LogP contribution in [0, 0.1) is 34.5 Å². The van der Waals surface area contributed by atoms with Gasteiger partial charge in [0.05, 0.1) is 12.2 Å². The average Bonchev–Trinajstić information content (AvgIpc) is 2.88. The lowest BCUT2D eigenvalue weighted by molar-refractivity contribution is -0.146. The lowest BCUT2D eigenvalue weighted by Crippen LogP contribution is -2.56. The zero-order valence-electron chi connectivity index (χ0n) is 15.3. The molecule has 3 heteroatoms. The van der Waals surface area contributed by atoms with E-state index in [1.165, 1.54) is 5.57 Å². The maximum atomic E-state index is 12.2. The van der Waals surface area contributed by atoms with Gasteiger partial charge in [-0.05, 0) is 75.0 Å². The summed E-state index contributed by atoms with van der Waals surface area (Å²) in [6.07, 6.45) is 8.50. The molecule has 2 N–H and O–H groups in total. The van der Waals surface area contributed by atoms with Crippen LogP contribution in [0.3, 0.4) is 0 Å². The van der Waals surface area contributed by atoms with Crippen molar-refractivity contribution in [2.45, 2.75) is 77.9 Å². The number of carbonyl (C=O) groups excluding carboxylic acids is 1. The van der Waals surface area contributed by atoms with Crippen molar-refractivity contribution in [2.75, 3.05) is 0 Å². The van der Waals surface area contributed by atoms with Gasteiger partial charge in [-0.3, -0.25) is 4.79 Å². The third-order valence-electron chi connectivity index (χ3n) is 8.68. The van der Waals surface area contributed by atoms with E-state index < -0.39 is 0 Å².